The van der Waals surface area contributed by atoms with Crippen molar-refractivity contribution in [3.8, 4) is 11.4 Å². The fourth-order valence-electron chi connectivity index (χ4n) is 1.32. The highest BCUT2D eigenvalue weighted by atomic mass is 32.2. The Bertz CT molecular complexity index is 522. The van der Waals surface area contributed by atoms with Crippen LogP contribution in [0.2, 0.25) is 0 Å². The minimum atomic E-state index is -0.0748. The third kappa shape index (κ3) is 3.04. The van der Waals surface area contributed by atoms with Crippen molar-refractivity contribution in [3.63, 3.8) is 0 Å². The minimum absolute atomic E-state index is 0.0748. The summed E-state index contributed by atoms with van der Waals surface area (Å²) in [5.41, 5.74) is 1.73. The van der Waals surface area contributed by atoms with Crippen LogP contribution in [-0.2, 0) is 4.79 Å². The number of carbonyl (C=O) groups is 1. The lowest BCUT2D eigenvalue weighted by Crippen LogP contribution is -2.05. The van der Waals surface area contributed by atoms with Crippen LogP contribution in [0.25, 0.3) is 11.4 Å². The van der Waals surface area contributed by atoms with Gasteiger partial charge in [0.25, 0.3) is 0 Å². The first kappa shape index (κ1) is 12.1. The molecule has 0 fully saturated rings. The van der Waals surface area contributed by atoms with E-state index in [2.05, 4.69) is 14.7 Å². The first-order valence-corrected chi connectivity index (χ1v) is 6.94. The zero-order valence-corrected chi connectivity index (χ0v) is 11.1. The van der Waals surface area contributed by atoms with E-state index in [-0.39, 0.29) is 5.91 Å². The van der Waals surface area contributed by atoms with Crippen molar-refractivity contribution in [1.82, 2.24) is 9.36 Å². The molecule has 2 rings (SSSR count). The summed E-state index contributed by atoms with van der Waals surface area (Å²) in [6.07, 6.45) is 1.98. The van der Waals surface area contributed by atoms with Crippen LogP contribution in [-0.4, -0.2) is 21.5 Å². The molecular weight excluding hydrogens is 254 g/mol. The van der Waals surface area contributed by atoms with Crippen molar-refractivity contribution in [2.45, 2.75) is 11.3 Å². The van der Waals surface area contributed by atoms with E-state index in [0.717, 1.165) is 21.4 Å². The van der Waals surface area contributed by atoms with Crippen LogP contribution in [0.4, 0.5) is 5.69 Å². The predicted octanol–water partition coefficient (Wildman–Crippen LogP) is 2.89. The van der Waals surface area contributed by atoms with E-state index in [4.69, 9.17) is 0 Å². The Morgan fingerprint density at radius 1 is 1.35 bits per heavy atom. The summed E-state index contributed by atoms with van der Waals surface area (Å²) >= 11 is 2.98. The predicted molar refractivity (Wildman–Crippen MR) is 71.4 cm³/mol. The van der Waals surface area contributed by atoms with Crippen molar-refractivity contribution in [2.75, 3.05) is 11.6 Å². The van der Waals surface area contributed by atoms with E-state index < -0.39 is 0 Å². The van der Waals surface area contributed by atoms with Gasteiger partial charge in [-0.05, 0) is 42.1 Å². The van der Waals surface area contributed by atoms with E-state index >= 15 is 0 Å². The number of nitrogens with one attached hydrogen (secondary N) is 1. The van der Waals surface area contributed by atoms with Crippen molar-refractivity contribution in [1.29, 1.82) is 0 Å². The Balaban J connectivity index is 2.19. The summed E-state index contributed by atoms with van der Waals surface area (Å²) in [6.45, 7) is 1.49. The number of carbonyl (C=O) groups excluding carboxylic acids is 1. The zero-order chi connectivity index (χ0) is 12.3. The monoisotopic (exact) mass is 265 g/mol. The molecule has 17 heavy (non-hydrogen) atoms. The van der Waals surface area contributed by atoms with Gasteiger partial charge in [0.2, 0.25) is 5.91 Å². The molecular formula is C11H11N3OS2. The van der Waals surface area contributed by atoms with Gasteiger partial charge in [-0.3, -0.25) is 4.79 Å². The molecule has 0 bridgehead atoms. The van der Waals surface area contributed by atoms with Gasteiger partial charge in [0.15, 0.2) is 10.2 Å². The standard InChI is InChI=1S/C11H11N3OS2/c1-7(15)12-9-5-3-8(4-6-9)10-13-11(16-2)17-14-10/h3-6H,1-2H3,(H,12,15). The van der Waals surface area contributed by atoms with Crippen LogP contribution >= 0.6 is 23.3 Å². The van der Waals surface area contributed by atoms with Crippen molar-refractivity contribution in [2.24, 2.45) is 0 Å². The van der Waals surface area contributed by atoms with Crippen molar-refractivity contribution in [3.05, 3.63) is 24.3 Å². The number of aromatic nitrogens is 2. The summed E-state index contributed by atoms with van der Waals surface area (Å²) in [4.78, 5) is 15.2. The van der Waals surface area contributed by atoms with Crippen LogP contribution in [0.15, 0.2) is 28.6 Å². The van der Waals surface area contributed by atoms with E-state index in [0.29, 0.717) is 0 Å². The molecule has 1 amide bonds. The molecule has 0 aliphatic rings. The van der Waals surface area contributed by atoms with Crippen LogP contribution in [0, 0.1) is 0 Å². The third-order valence-corrected chi connectivity index (χ3v) is 3.72. The van der Waals surface area contributed by atoms with E-state index in [1.807, 2.05) is 30.5 Å². The van der Waals surface area contributed by atoms with Crippen LogP contribution in [0.3, 0.4) is 0 Å². The Morgan fingerprint density at radius 3 is 2.59 bits per heavy atom. The van der Waals surface area contributed by atoms with Gasteiger partial charge in [0.05, 0.1) is 0 Å². The number of amides is 1. The third-order valence-electron chi connectivity index (χ3n) is 2.05. The number of nitrogens with zero attached hydrogens (tertiary/aromatic N) is 2. The number of anilines is 1. The zero-order valence-electron chi connectivity index (χ0n) is 9.43. The Labute approximate surface area is 108 Å². The van der Waals surface area contributed by atoms with Gasteiger partial charge in [-0.1, -0.05) is 11.8 Å². The number of thioether (sulfide) groups is 1. The Hall–Kier alpha value is -1.40. The number of hydrogen-bond acceptors (Lipinski definition) is 5. The molecule has 0 unspecified atom stereocenters. The second-order valence-corrected chi connectivity index (χ2v) is 5.15. The highest BCUT2D eigenvalue weighted by Gasteiger charge is 2.05. The minimum Gasteiger partial charge on any atom is -0.326 e. The maximum Gasteiger partial charge on any atom is 0.221 e. The lowest BCUT2D eigenvalue weighted by Gasteiger charge is -2.01. The number of hydrogen-bond donors (Lipinski definition) is 1. The number of rotatable bonds is 3. The SMILES string of the molecule is CSc1nc(-c2ccc(NC(C)=O)cc2)ns1. The average molecular weight is 265 g/mol. The molecule has 1 N–H and O–H groups in total. The molecule has 0 aliphatic heterocycles. The summed E-state index contributed by atoms with van der Waals surface area (Å²) in [5.74, 6) is 0.655. The lowest BCUT2D eigenvalue weighted by molar-refractivity contribution is -0.114. The maximum atomic E-state index is 10.9. The quantitative estimate of drug-likeness (QED) is 0.867. The van der Waals surface area contributed by atoms with Gasteiger partial charge in [-0.2, -0.15) is 4.37 Å². The van der Waals surface area contributed by atoms with Gasteiger partial charge in [-0.25, -0.2) is 4.98 Å². The molecule has 0 radical (unpaired) electrons. The number of benzene rings is 1. The summed E-state index contributed by atoms with van der Waals surface area (Å²) in [5, 5.41) is 2.72. The molecule has 1 aromatic carbocycles. The largest absolute Gasteiger partial charge is 0.326 e. The van der Waals surface area contributed by atoms with Crippen LogP contribution in [0.1, 0.15) is 6.92 Å². The molecule has 1 heterocycles. The molecule has 0 atom stereocenters. The smallest absolute Gasteiger partial charge is 0.221 e. The van der Waals surface area contributed by atoms with Gasteiger partial charge in [0.1, 0.15) is 0 Å². The van der Waals surface area contributed by atoms with E-state index in [9.17, 15) is 4.79 Å². The molecule has 4 nitrogen and oxygen atoms in total. The lowest BCUT2D eigenvalue weighted by atomic mass is 10.2. The maximum absolute atomic E-state index is 10.9. The molecule has 0 saturated heterocycles. The topological polar surface area (TPSA) is 54.9 Å². The highest BCUT2D eigenvalue weighted by molar-refractivity contribution is 8.00. The molecule has 88 valence electrons. The van der Waals surface area contributed by atoms with Gasteiger partial charge >= 0.3 is 0 Å². The Morgan fingerprint density at radius 2 is 2.06 bits per heavy atom. The summed E-state index contributed by atoms with van der Waals surface area (Å²) in [6, 6.07) is 7.49. The average Bonchev–Trinajstić information content (AvgIpc) is 2.78. The Kier molecular flexibility index (Phi) is 3.75. The molecule has 1 aromatic heterocycles. The first-order valence-electron chi connectivity index (χ1n) is 4.95. The van der Waals surface area contributed by atoms with Crippen LogP contribution in [0.5, 0.6) is 0 Å². The fraction of sp³-hybridized carbons (Fsp3) is 0.182. The summed E-state index contributed by atoms with van der Waals surface area (Å²) in [7, 11) is 0. The first-order chi connectivity index (χ1) is 8.19. The van der Waals surface area contributed by atoms with Crippen molar-refractivity contribution < 1.29 is 4.79 Å². The van der Waals surface area contributed by atoms with E-state index in [1.165, 1.54) is 18.5 Å². The van der Waals surface area contributed by atoms with Gasteiger partial charge in [0, 0.05) is 18.2 Å². The van der Waals surface area contributed by atoms with Gasteiger partial charge in [-0.15, -0.1) is 0 Å². The van der Waals surface area contributed by atoms with Crippen molar-refractivity contribution >= 4 is 34.9 Å². The highest BCUT2D eigenvalue weighted by Crippen LogP contribution is 2.24. The second-order valence-electron chi connectivity index (χ2n) is 3.35. The molecule has 6 heteroatoms. The molecule has 0 spiro atoms. The van der Waals surface area contributed by atoms with Gasteiger partial charge < -0.3 is 5.32 Å². The second kappa shape index (κ2) is 5.29. The molecule has 0 aliphatic carbocycles. The molecule has 2 aromatic rings. The molecule has 0 saturated carbocycles. The van der Waals surface area contributed by atoms with Crippen LogP contribution < -0.4 is 5.32 Å². The summed E-state index contributed by atoms with van der Waals surface area (Å²) < 4.78 is 5.22. The normalized spacial score (nSPS) is 10.2. The fourth-order valence-corrected chi connectivity index (χ4v) is 2.34. The van der Waals surface area contributed by atoms with E-state index in [1.54, 1.807) is 11.8 Å².